The van der Waals surface area contributed by atoms with E-state index in [1.165, 1.54) is 0 Å². The Morgan fingerprint density at radius 1 is 1.75 bits per heavy atom. The van der Waals surface area contributed by atoms with Gasteiger partial charge in [0.2, 0.25) is 5.91 Å². The molecule has 0 saturated heterocycles. The largest absolute Gasteiger partial charge is 0.377 e. The number of hydrogen-bond acceptors (Lipinski definition) is 2. The summed E-state index contributed by atoms with van der Waals surface area (Å²) in [6.45, 7) is -0.227. The van der Waals surface area contributed by atoms with Crippen LogP contribution in [0, 0.1) is 5.92 Å². The third-order valence-corrected chi connectivity index (χ3v) is 1.20. The van der Waals surface area contributed by atoms with Gasteiger partial charge in [0.1, 0.15) is 6.73 Å². The number of nitrogens with one attached hydrogen (secondary N) is 1. The molecule has 0 aromatic rings. The van der Waals surface area contributed by atoms with E-state index in [-0.39, 0.29) is 18.6 Å². The van der Waals surface area contributed by atoms with E-state index in [0.29, 0.717) is 0 Å². The van der Waals surface area contributed by atoms with E-state index in [4.69, 9.17) is 5.11 Å². The second kappa shape index (κ2) is 2.13. The van der Waals surface area contributed by atoms with E-state index in [0.717, 1.165) is 12.8 Å². The van der Waals surface area contributed by atoms with Gasteiger partial charge in [-0.15, -0.1) is 0 Å². The van der Waals surface area contributed by atoms with Crippen molar-refractivity contribution in [3.63, 3.8) is 0 Å². The molecule has 0 aliphatic heterocycles. The van der Waals surface area contributed by atoms with Crippen molar-refractivity contribution in [2.75, 3.05) is 6.73 Å². The van der Waals surface area contributed by atoms with E-state index >= 15 is 0 Å². The third kappa shape index (κ3) is 1.20. The highest BCUT2D eigenvalue weighted by atomic mass is 16.3. The molecule has 0 aromatic carbocycles. The molecule has 3 heteroatoms. The van der Waals surface area contributed by atoms with Gasteiger partial charge in [-0.25, -0.2) is 0 Å². The fraction of sp³-hybridized carbons (Fsp3) is 0.800. The monoisotopic (exact) mass is 115 g/mol. The first-order chi connectivity index (χ1) is 3.84. The van der Waals surface area contributed by atoms with Crippen molar-refractivity contribution in [2.24, 2.45) is 5.92 Å². The minimum Gasteiger partial charge on any atom is -0.377 e. The van der Waals surface area contributed by atoms with Crippen LogP contribution in [0.2, 0.25) is 0 Å². The van der Waals surface area contributed by atoms with E-state index in [1.807, 2.05) is 0 Å². The SMILES string of the molecule is O=C(NCO)C1CC1. The van der Waals surface area contributed by atoms with Crippen molar-refractivity contribution in [2.45, 2.75) is 12.8 Å². The van der Waals surface area contributed by atoms with E-state index in [2.05, 4.69) is 5.32 Å². The Balaban J connectivity index is 2.13. The van der Waals surface area contributed by atoms with E-state index in [9.17, 15) is 4.79 Å². The lowest BCUT2D eigenvalue weighted by molar-refractivity contribution is -0.123. The van der Waals surface area contributed by atoms with Gasteiger partial charge in [0.25, 0.3) is 0 Å². The molecule has 1 aliphatic rings. The molecule has 1 aliphatic carbocycles. The second-order valence-corrected chi connectivity index (χ2v) is 1.97. The summed E-state index contributed by atoms with van der Waals surface area (Å²) >= 11 is 0. The Hall–Kier alpha value is -0.570. The normalized spacial score (nSPS) is 18.1. The second-order valence-electron chi connectivity index (χ2n) is 1.97. The smallest absolute Gasteiger partial charge is 0.224 e. The lowest BCUT2D eigenvalue weighted by Crippen LogP contribution is -2.25. The molecular formula is C5H9NO2. The van der Waals surface area contributed by atoms with E-state index in [1.54, 1.807) is 0 Å². The molecule has 2 N–H and O–H groups in total. The molecule has 0 heterocycles. The van der Waals surface area contributed by atoms with Crippen LogP contribution in [-0.4, -0.2) is 17.7 Å². The van der Waals surface area contributed by atoms with Crippen molar-refractivity contribution < 1.29 is 9.90 Å². The van der Waals surface area contributed by atoms with Crippen LogP contribution >= 0.6 is 0 Å². The van der Waals surface area contributed by atoms with E-state index < -0.39 is 0 Å². The van der Waals surface area contributed by atoms with Gasteiger partial charge in [-0.1, -0.05) is 0 Å². The maximum Gasteiger partial charge on any atom is 0.224 e. The summed E-state index contributed by atoms with van der Waals surface area (Å²) in [5, 5.41) is 10.5. The van der Waals surface area contributed by atoms with Crippen LogP contribution in [0.5, 0.6) is 0 Å². The summed E-state index contributed by atoms with van der Waals surface area (Å²) < 4.78 is 0. The van der Waals surface area contributed by atoms with Crippen LogP contribution in [-0.2, 0) is 4.79 Å². The Labute approximate surface area is 47.7 Å². The fourth-order valence-electron chi connectivity index (χ4n) is 0.568. The first-order valence-corrected chi connectivity index (χ1v) is 2.73. The molecule has 0 spiro atoms. The third-order valence-electron chi connectivity index (χ3n) is 1.20. The molecule has 1 rings (SSSR count). The molecule has 0 aromatic heterocycles. The van der Waals surface area contributed by atoms with Crippen LogP contribution in [0.15, 0.2) is 0 Å². The number of aliphatic hydroxyl groups excluding tert-OH is 1. The van der Waals surface area contributed by atoms with Gasteiger partial charge in [-0.2, -0.15) is 0 Å². The predicted octanol–water partition coefficient (Wildman–Crippen LogP) is -0.538. The summed E-state index contributed by atoms with van der Waals surface area (Å²) in [4.78, 5) is 10.5. The average molecular weight is 115 g/mol. The van der Waals surface area contributed by atoms with Gasteiger partial charge in [0.05, 0.1) is 0 Å². The molecule has 46 valence electrons. The van der Waals surface area contributed by atoms with Gasteiger partial charge in [-0.3, -0.25) is 4.79 Å². The molecule has 1 saturated carbocycles. The van der Waals surface area contributed by atoms with Gasteiger partial charge in [0.15, 0.2) is 0 Å². The Bertz CT molecular complexity index is 98.6. The summed E-state index contributed by atoms with van der Waals surface area (Å²) in [6.07, 6.45) is 1.98. The number of rotatable bonds is 2. The van der Waals surface area contributed by atoms with Crippen molar-refractivity contribution in [3.05, 3.63) is 0 Å². The maximum absolute atomic E-state index is 10.5. The molecule has 0 radical (unpaired) electrons. The molecule has 3 nitrogen and oxygen atoms in total. The van der Waals surface area contributed by atoms with Gasteiger partial charge < -0.3 is 10.4 Å². The van der Waals surface area contributed by atoms with Gasteiger partial charge in [0, 0.05) is 5.92 Å². The standard InChI is InChI=1S/C5H9NO2/c7-3-6-5(8)4-1-2-4/h4,7H,1-3H2,(H,6,8). The minimum atomic E-state index is -0.227. The van der Waals surface area contributed by atoms with Crippen molar-refractivity contribution in [1.29, 1.82) is 0 Å². The highest BCUT2D eigenvalue weighted by Crippen LogP contribution is 2.28. The first-order valence-electron chi connectivity index (χ1n) is 2.73. The van der Waals surface area contributed by atoms with Crippen LogP contribution < -0.4 is 5.32 Å². The summed E-state index contributed by atoms with van der Waals surface area (Å²) in [6, 6.07) is 0. The molecule has 1 amide bonds. The maximum atomic E-state index is 10.5. The highest BCUT2D eigenvalue weighted by molar-refractivity contribution is 5.80. The average Bonchev–Trinajstić information content (AvgIpc) is 2.45. The zero-order valence-electron chi connectivity index (χ0n) is 4.55. The van der Waals surface area contributed by atoms with Crippen molar-refractivity contribution in [3.8, 4) is 0 Å². The Morgan fingerprint density at radius 2 is 2.38 bits per heavy atom. The molecule has 0 bridgehead atoms. The summed E-state index contributed by atoms with van der Waals surface area (Å²) in [5.74, 6) is 0.203. The van der Waals surface area contributed by atoms with Gasteiger partial charge >= 0.3 is 0 Å². The Kier molecular flexibility index (Phi) is 1.48. The molecule has 1 fully saturated rings. The van der Waals surface area contributed by atoms with Crippen LogP contribution in [0.1, 0.15) is 12.8 Å². The number of amides is 1. The lowest BCUT2D eigenvalue weighted by atomic mass is 10.4. The lowest BCUT2D eigenvalue weighted by Gasteiger charge is -1.94. The summed E-state index contributed by atoms with van der Waals surface area (Å²) in [7, 11) is 0. The zero-order valence-corrected chi connectivity index (χ0v) is 4.55. The number of aliphatic hydroxyl groups is 1. The Morgan fingerprint density at radius 3 is 2.75 bits per heavy atom. The van der Waals surface area contributed by atoms with Gasteiger partial charge in [-0.05, 0) is 12.8 Å². The zero-order chi connectivity index (χ0) is 5.98. The molecule has 0 atom stereocenters. The fourth-order valence-corrected chi connectivity index (χ4v) is 0.568. The van der Waals surface area contributed by atoms with Crippen LogP contribution in [0.3, 0.4) is 0 Å². The van der Waals surface area contributed by atoms with Crippen molar-refractivity contribution in [1.82, 2.24) is 5.32 Å². The number of hydrogen-bond donors (Lipinski definition) is 2. The predicted molar refractivity (Wildman–Crippen MR) is 28.0 cm³/mol. The minimum absolute atomic E-state index is 0.00694. The van der Waals surface area contributed by atoms with Crippen LogP contribution in [0.4, 0.5) is 0 Å². The first kappa shape index (κ1) is 5.56. The molecule has 8 heavy (non-hydrogen) atoms. The number of carbonyl (C=O) groups is 1. The quantitative estimate of drug-likeness (QED) is 0.475. The summed E-state index contributed by atoms with van der Waals surface area (Å²) in [5.41, 5.74) is 0. The highest BCUT2D eigenvalue weighted by Gasteiger charge is 2.28. The topological polar surface area (TPSA) is 49.3 Å². The number of carbonyl (C=O) groups excluding carboxylic acids is 1. The van der Waals surface area contributed by atoms with Crippen molar-refractivity contribution >= 4 is 5.91 Å². The molecular weight excluding hydrogens is 106 g/mol. The van der Waals surface area contributed by atoms with Crippen LogP contribution in [0.25, 0.3) is 0 Å². The molecule has 0 unspecified atom stereocenters.